The van der Waals surface area contributed by atoms with Crippen LogP contribution in [0.1, 0.15) is 11.1 Å². The van der Waals surface area contributed by atoms with Gasteiger partial charge in [0.15, 0.2) is 11.5 Å². The van der Waals surface area contributed by atoms with Crippen LogP contribution >= 0.6 is 27.5 Å². The van der Waals surface area contributed by atoms with Crippen LogP contribution in [0.3, 0.4) is 0 Å². The number of nitrogens with one attached hydrogen (secondary N) is 1. The maximum absolute atomic E-state index is 13.3. The van der Waals surface area contributed by atoms with Crippen LogP contribution in [0.15, 0.2) is 81.2 Å². The van der Waals surface area contributed by atoms with Crippen molar-refractivity contribution in [2.75, 3.05) is 13.7 Å². The number of phenols is 1. The molecule has 3 rings (SSSR count). The van der Waals surface area contributed by atoms with Crippen LogP contribution in [0.5, 0.6) is 11.5 Å². The van der Waals surface area contributed by atoms with E-state index in [1.54, 1.807) is 30.3 Å². The zero-order chi connectivity index (χ0) is 24.7. The van der Waals surface area contributed by atoms with Crippen molar-refractivity contribution in [1.29, 1.82) is 0 Å². The first-order valence-corrected chi connectivity index (χ1v) is 12.5. The molecule has 0 aliphatic carbocycles. The number of benzene rings is 3. The molecule has 0 spiro atoms. The molecule has 0 saturated heterocycles. The lowest BCUT2D eigenvalue weighted by molar-refractivity contribution is -0.121. The summed E-state index contributed by atoms with van der Waals surface area (Å²) in [4.78, 5) is 12.6. The highest BCUT2D eigenvalue weighted by molar-refractivity contribution is 9.10. The summed E-state index contributed by atoms with van der Waals surface area (Å²) in [5.74, 6) is -0.402. The van der Waals surface area contributed by atoms with Crippen LogP contribution in [-0.4, -0.2) is 43.6 Å². The van der Waals surface area contributed by atoms with E-state index in [9.17, 15) is 18.3 Å². The summed E-state index contributed by atoms with van der Waals surface area (Å²) in [5, 5.41) is 13.9. The van der Waals surface area contributed by atoms with Gasteiger partial charge in [0.05, 0.1) is 24.8 Å². The van der Waals surface area contributed by atoms with Crippen molar-refractivity contribution in [1.82, 2.24) is 9.73 Å². The number of ether oxygens (including phenoxy) is 1. The van der Waals surface area contributed by atoms with Crippen LogP contribution < -0.4 is 10.2 Å². The van der Waals surface area contributed by atoms with Gasteiger partial charge in [-0.2, -0.15) is 9.41 Å². The van der Waals surface area contributed by atoms with Gasteiger partial charge in [0, 0.05) is 16.0 Å². The number of hydrazone groups is 1. The second kappa shape index (κ2) is 11.5. The fourth-order valence-electron chi connectivity index (χ4n) is 2.92. The third kappa shape index (κ3) is 6.80. The maximum atomic E-state index is 13.3. The molecule has 0 aliphatic heterocycles. The summed E-state index contributed by atoms with van der Waals surface area (Å²) in [5.41, 5.74) is 3.60. The fraction of sp³-hybridized carbons (Fsp3) is 0.130. The maximum Gasteiger partial charge on any atom is 0.255 e. The molecule has 0 saturated carbocycles. The van der Waals surface area contributed by atoms with Gasteiger partial charge in [0.2, 0.25) is 10.0 Å². The van der Waals surface area contributed by atoms with Gasteiger partial charge in [-0.3, -0.25) is 4.79 Å². The van der Waals surface area contributed by atoms with Gasteiger partial charge in [0.1, 0.15) is 0 Å². The minimum Gasteiger partial charge on any atom is -0.504 e. The Morgan fingerprint density at radius 2 is 1.82 bits per heavy atom. The smallest absolute Gasteiger partial charge is 0.255 e. The van der Waals surface area contributed by atoms with Gasteiger partial charge < -0.3 is 9.84 Å². The van der Waals surface area contributed by atoms with Gasteiger partial charge in [-0.05, 0) is 65.7 Å². The zero-order valence-corrected chi connectivity index (χ0v) is 21.1. The second-order valence-electron chi connectivity index (χ2n) is 7.08. The lowest BCUT2D eigenvalue weighted by Gasteiger charge is -2.21. The molecule has 0 radical (unpaired) electrons. The molecule has 0 atom stereocenters. The molecule has 0 fully saturated rings. The molecular formula is C23H21BrClN3O5S. The molecule has 8 nitrogen and oxygen atoms in total. The quantitative estimate of drug-likeness (QED) is 0.299. The Morgan fingerprint density at radius 1 is 1.15 bits per heavy atom. The highest BCUT2D eigenvalue weighted by Gasteiger charge is 2.27. The first kappa shape index (κ1) is 25.7. The third-order valence-electron chi connectivity index (χ3n) is 4.65. The number of halogens is 2. The minimum atomic E-state index is -4.01. The monoisotopic (exact) mass is 565 g/mol. The molecule has 0 aromatic heterocycles. The van der Waals surface area contributed by atoms with Crippen molar-refractivity contribution in [2.24, 2.45) is 5.10 Å². The normalized spacial score (nSPS) is 11.6. The largest absolute Gasteiger partial charge is 0.504 e. The van der Waals surface area contributed by atoms with Crippen LogP contribution in [0, 0.1) is 0 Å². The number of hydrogen-bond donors (Lipinski definition) is 2. The van der Waals surface area contributed by atoms with E-state index in [1.807, 2.05) is 0 Å². The van der Waals surface area contributed by atoms with Gasteiger partial charge >= 0.3 is 0 Å². The predicted molar refractivity (Wildman–Crippen MR) is 134 cm³/mol. The number of sulfonamides is 1. The van der Waals surface area contributed by atoms with E-state index in [4.69, 9.17) is 16.3 Å². The van der Waals surface area contributed by atoms with E-state index < -0.39 is 22.5 Å². The highest BCUT2D eigenvalue weighted by atomic mass is 79.9. The number of methoxy groups -OCH3 is 1. The Morgan fingerprint density at radius 3 is 2.47 bits per heavy atom. The minimum absolute atomic E-state index is 0.0153. The van der Waals surface area contributed by atoms with E-state index in [2.05, 4.69) is 26.5 Å². The zero-order valence-electron chi connectivity index (χ0n) is 18.0. The van der Waals surface area contributed by atoms with Gasteiger partial charge in [-0.15, -0.1) is 0 Å². The number of nitrogens with zero attached hydrogens (tertiary/aromatic N) is 2. The lowest BCUT2D eigenvalue weighted by Crippen LogP contribution is -2.39. The van der Waals surface area contributed by atoms with Crippen LogP contribution in [0.2, 0.25) is 5.02 Å². The summed E-state index contributed by atoms with van der Waals surface area (Å²) in [7, 11) is -2.59. The number of rotatable bonds is 9. The molecule has 11 heteroatoms. The van der Waals surface area contributed by atoms with Crippen molar-refractivity contribution >= 4 is 49.7 Å². The van der Waals surface area contributed by atoms with E-state index in [-0.39, 0.29) is 22.9 Å². The number of aromatic hydroxyl groups is 1. The average Bonchev–Trinajstić information content (AvgIpc) is 2.81. The van der Waals surface area contributed by atoms with E-state index in [0.717, 1.165) is 8.78 Å². The molecule has 0 heterocycles. The standard InChI is InChI=1S/C23H21BrClN3O5S/c1-33-22-12-17(4-11-21(22)29)13-26-27-23(30)15-28(14-16-2-5-18(24)6-3-16)34(31,32)20-9-7-19(25)8-10-20/h2-13,29H,14-15H2,1H3,(H,27,30)/b26-13-. The number of amides is 1. The van der Waals surface area contributed by atoms with E-state index in [0.29, 0.717) is 16.1 Å². The van der Waals surface area contributed by atoms with Crippen molar-refractivity contribution < 1.29 is 23.1 Å². The van der Waals surface area contributed by atoms with Crippen molar-refractivity contribution in [3.8, 4) is 11.5 Å². The van der Waals surface area contributed by atoms with Gasteiger partial charge in [-0.1, -0.05) is 39.7 Å². The van der Waals surface area contributed by atoms with Crippen LogP contribution in [-0.2, 0) is 21.4 Å². The summed E-state index contributed by atoms with van der Waals surface area (Å²) >= 11 is 9.24. The molecule has 3 aromatic rings. The Hall–Kier alpha value is -2.92. The summed E-state index contributed by atoms with van der Waals surface area (Å²) < 4.78 is 33.5. The van der Waals surface area contributed by atoms with Gasteiger partial charge in [0.25, 0.3) is 5.91 Å². The molecule has 0 bridgehead atoms. The molecule has 0 aliphatic rings. The number of hydrogen-bond acceptors (Lipinski definition) is 6. The Balaban J connectivity index is 1.78. The summed E-state index contributed by atoms with van der Waals surface area (Å²) in [6.45, 7) is -0.484. The highest BCUT2D eigenvalue weighted by Crippen LogP contribution is 2.25. The SMILES string of the molecule is COc1cc(/C=N\NC(=O)CN(Cc2ccc(Br)cc2)S(=O)(=O)c2ccc(Cl)cc2)ccc1O. The van der Waals surface area contributed by atoms with Crippen molar-refractivity contribution in [3.63, 3.8) is 0 Å². The van der Waals surface area contributed by atoms with E-state index >= 15 is 0 Å². The molecule has 2 N–H and O–H groups in total. The molecular weight excluding hydrogens is 546 g/mol. The third-order valence-corrected chi connectivity index (χ3v) is 7.24. The summed E-state index contributed by atoms with van der Waals surface area (Å²) in [6, 6.07) is 17.4. The lowest BCUT2D eigenvalue weighted by atomic mass is 10.2. The average molecular weight is 567 g/mol. The van der Waals surface area contributed by atoms with Crippen molar-refractivity contribution in [3.05, 3.63) is 87.4 Å². The van der Waals surface area contributed by atoms with Crippen LogP contribution in [0.4, 0.5) is 0 Å². The molecule has 3 aromatic carbocycles. The van der Waals surface area contributed by atoms with Gasteiger partial charge in [-0.25, -0.2) is 13.8 Å². The Bertz CT molecular complexity index is 1280. The molecule has 178 valence electrons. The first-order valence-electron chi connectivity index (χ1n) is 9.88. The fourth-order valence-corrected chi connectivity index (χ4v) is 4.70. The van der Waals surface area contributed by atoms with E-state index in [1.165, 1.54) is 49.7 Å². The molecule has 0 unspecified atom stereocenters. The van der Waals surface area contributed by atoms with Crippen molar-refractivity contribution in [2.45, 2.75) is 11.4 Å². The topological polar surface area (TPSA) is 108 Å². The number of phenolic OH excluding ortho intramolecular Hbond substituents is 1. The number of carbonyl (C=O) groups is 1. The summed E-state index contributed by atoms with van der Waals surface area (Å²) in [6.07, 6.45) is 1.35. The van der Waals surface area contributed by atoms with Crippen LogP contribution in [0.25, 0.3) is 0 Å². The molecule has 34 heavy (non-hydrogen) atoms. The molecule has 1 amide bonds. The first-order chi connectivity index (χ1) is 16.2. The number of carbonyl (C=O) groups excluding carboxylic acids is 1. The predicted octanol–water partition coefficient (Wildman–Crippen LogP) is 4.16. The second-order valence-corrected chi connectivity index (χ2v) is 10.4. The Labute approximate surface area is 211 Å². The Kier molecular flexibility index (Phi) is 8.67.